The number of nitrogens with one attached hydrogen (secondary N) is 1. The van der Waals surface area contributed by atoms with Crippen molar-refractivity contribution in [3.63, 3.8) is 0 Å². The lowest BCUT2D eigenvalue weighted by atomic mass is 10.0. The molecule has 0 saturated heterocycles. The summed E-state index contributed by atoms with van der Waals surface area (Å²) in [7, 11) is 1.99. The molecule has 94 valence electrons. The van der Waals surface area contributed by atoms with Crippen LogP contribution in [-0.4, -0.2) is 29.1 Å². The Morgan fingerprint density at radius 1 is 1.44 bits per heavy atom. The monoisotopic (exact) mass is 279 g/mol. The number of nitrogens with zero attached hydrogens (tertiary/aromatic N) is 2. The Labute approximate surface area is 114 Å². The Balaban J connectivity index is 1.85. The molecule has 2 unspecified atom stereocenters. The molecule has 2 heterocycles. The molecule has 1 N–H and O–H groups in total. The van der Waals surface area contributed by atoms with Crippen LogP contribution in [-0.2, 0) is 0 Å². The second-order valence-electron chi connectivity index (χ2n) is 3.98. The van der Waals surface area contributed by atoms with Crippen molar-refractivity contribution in [2.45, 2.75) is 15.6 Å². The van der Waals surface area contributed by atoms with Crippen LogP contribution < -0.4 is 10.1 Å². The average Bonchev–Trinajstić information content (AvgIpc) is 2.91. The molecule has 0 aliphatic carbocycles. The van der Waals surface area contributed by atoms with Crippen molar-refractivity contribution in [1.29, 1.82) is 0 Å². The first-order chi connectivity index (χ1) is 8.88. The minimum atomic E-state index is 0.281. The summed E-state index contributed by atoms with van der Waals surface area (Å²) < 4.78 is 6.80. The number of fused-ring (bicyclic) bond motifs is 1. The summed E-state index contributed by atoms with van der Waals surface area (Å²) in [6, 6.07) is 8.46. The number of aromatic nitrogens is 2. The fourth-order valence-electron chi connectivity index (χ4n) is 2.12. The number of ether oxygens (including phenoxy) is 1. The summed E-state index contributed by atoms with van der Waals surface area (Å²) in [5.74, 6) is 0.978. The fraction of sp³-hybridized carbons (Fsp3) is 0.333. The highest BCUT2D eigenvalue weighted by Gasteiger charge is 2.31. The SMILES string of the molecule is CNC1c2ccccc2OCC1Sc1nncs1. The van der Waals surface area contributed by atoms with E-state index >= 15 is 0 Å². The Morgan fingerprint density at radius 2 is 2.33 bits per heavy atom. The molecular weight excluding hydrogens is 266 g/mol. The Bertz CT molecular complexity index is 518. The molecule has 2 aromatic rings. The first kappa shape index (κ1) is 12.0. The molecule has 0 spiro atoms. The second kappa shape index (κ2) is 5.26. The molecule has 1 aromatic heterocycles. The number of hydrogen-bond acceptors (Lipinski definition) is 6. The molecule has 1 aromatic carbocycles. The number of benzene rings is 1. The van der Waals surface area contributed by atoms with Crippen molar-refractivity contribution in [2.24, 2.45) is 0 Å². The van der Waals surface area contributed by atoms with E-state index in [1.807, 2.05) is 25.2 Å². The molecule has 6 heteroatoms. The maximum absolute atomic E-state index is 5.81. The molecule has 3 rings (SSSR count). The van der Waals surface area contributed by atoms with Gasteiger partial charge >= 0.3 is 0 Å². The van der Waals surface area contributed by atoms with Crippen LogP contribution in [0.2, 0.25) is 0 Å². The molecule has 1 aliphatic heterocycles. The maximum atomic E-state index is 5.81. The molecule has 4 nitrogen and oxygen atoms in total. The third kappa shape index (κ3) is 2.23. The van der Waals surface area contributed by atoms with Crippen LogP contribution in [0, 0.1) is 0 Å². The van der Waals surface area contributed by atoms with Crippen molar-refractivity contribution in [1.82, 2.24) is 15.5 Å². The lowest BCUT2D eigenvalue weighted by Gasteiger charge is -2.32. The van der Waals surface area contributed by atoms with Gasteiger partial charge in [0.25, 0.3) is 0 Å². The number of rotatable bonds is 3. The molecule has 0 bridgehead atoms. The topological polar surface area (TPSA) is 47.0 Å². The van der Waals surface area contributed by atoms with Crippen LogP contribution in [0.15, 0.2) is 34.1 Å². The van der Waals surface area contributed by atoms with Crippen LogP contribution >= 0.6 is 23.1 Å². The van der Waals surface area contributed by atoms with Crippen molar-refractivity contribution < 1.29 is 4.74 Å². The minimum absolute atomic E-state index is 0.281. The van der Waals surface area contributed by atoms with Gasteiger partial charge in [-0.3, -0.25) is 0 Å². The number of para-hydroxylation sites is 1. The van der Waals surface area contributed by atoms with E-state index in [1.165, 1.54) is 5.56 Å². The smallest absolute Gasteiger partial charge is 0.174 e. The molecule has 1 aliphatic rings. The standard InChI is InChI=1S/C12H13N3OS2/c1-13-11-8-4-2-3-5-9(8)16-6-10(11)18-12-15-14-7-17-12/h2-5,7,10-11,13H,6H2,1H3. The molecule has 0 radical (unpaired) electrons. The quantitative estimate of drug-likeness (QED) is 0.934. The van der Waals surface area contributed by atoms with E-state index in [0.717, 1.165) is 10.1 Å². The number of hydrogen-bond donors (Lipinski definition) is 1. The van der Waals surface area contributed by atoms with Gasteiger partial charge in [0.15, 0.2) is 4.34 Å². The van der Waals surface area contributed by atoms with Gasteiger partial charge in [0, 0.05) is 5.56 Å². The van der Waals surface area contributed by atoms with Gasteiger partial charge in [-0.1, -0.05) is 41.3 Å². The highest BCUT2D eigenvalue weighted by molar-refractivity contribution is 8.01. The third-order valence-corrected chi connectivity index (χ3v) is 4.99. The van der Waals surface area contributed by atoms with Gasteiger partial charge in [0.1, 0.15) is 17.9 Å². The van der Waals surface area contributed by atoms with Gasteiger partial charge < -0.3 is 10.1 Å². The summed E-state index contributed by atoms with van der Waals surface area (Å²) >= 11 is 3.29. The number of thioether (sulfide) groups is 1. The molecule has 18 heavy (non-hydrogen) atoms. The summed E-state index contributed by atoms with van der Waals surface area (Å²) in [5.41, 5.74) is 2.97. The van der Waals surface area contributed by atoms with E-state index in [1.54, 1.807) is 28.6 Å². The van der Waals surface area contributed by atoms with Crippen molar-refractivity contribution in [3.8, 4) is 5.75 Å². The fourth-order valence-corrected chi connectivity index (χ4v) is 4.03. The van der Waals surface area contributed by atoms with Gasteiger partial charge in [0.2, 0.25) is 0 Å². The summed E-state index contributed by atoms with van der Waals surface area (Å²) in [6.45, 7) is 0.687. The predicted octanol–water partition coefficient (Wildman–Crippen LogP) is 2.35. The highest BCUT2D eigenvalue weighted by atomic mass is 32.2. The third-order valence-electron chi connectivity index (χ3n) is 2.93. The van der Waals surface area contributed by atoms with E-state index in [0.29, 0.717) is 11.9 Å². The van der Waals surface area contributed by atoms with Crippen LogP contribution in [0.5, 0.6) is 5.75 Å². The largest absolute Gasteiger partial charge is 0.492 e. The minimum Gasteiger partial charge on any atom is -0.492 e. The normalized spacial score (nSPS) is 22.3. The van der Waals surface area contributed by atoms with Gasteiger partial charge in [-0.05, 0) is 13.1 Å². The van der Waals surface area contributed by atoms with E-state index in [2.05, 4.69) is 21.6 Å². The summed E-state index contributed by atoms with van der Waals surface area (Å²) in [4.78, 5) is 0. The molecule has 0 amide bonds. The second-order valence-corrected chi connectivity index (χ2v) is 6.30. The summed E-state index contributed by atoms with van der Waals surface area (Å²) in [6.07, 6.45) is 0. The average molecular weight is 279 g/mol. The van der Waals surface area contributed by atoms with Crippen LogP contribution in [0.4, 0.5) is 0 Å². The van der Waals surface area contributed by atoms with Crippen molar-refractivity contribution >= 4 is 23.1 Å². The van der Waals surface area contributed by atoms with Crippen LogP contribution in [0.3, 0.4) is 0 Å². The van der Waals surface area contributed by atoms with E-state index in [4.69, 9.17) is 4.74 Å². The van der Waals surface area contributed by atoms with E-state index in [-0.39, 0.29) is 6.04 Å². The first-order valence-electron chi connectivity index (χ1n) is 5.70. The Kier molecular flexibility index (Phi) is 3.49. The molecular formula is C12H13N3OS2. The Hall–Kier alpha value is -1.11. The molecule has 0 saturated carbocycles. The highest BCUT2D eigenvalue weighted by Crippen LogP contribution is 2.39. The zero-order valence-electron chi connectivity index (χ0n) is 9.87. The molecule has 0 fully saturated rings. The summed E-state index contributed by atoms with van der Waals surface area (Å²) in [5, 5.41) is 11.6. The van der Waals surface area contributed by atoms with Gasteiger partial charge in [-0.2, -0.15) is 0 Å². The lowest BCUT2D eigenvalue weighted by molar-refractivity contribution is 0.265. The Morgan fingerprint density at radius 3 is 3.11 bits per heavy atom. The van der Waals surface area contributed by atoms with Gasteiger partial charge in [0.05, 0.1) is 11.3 Å². The van der Waals surface area contributed by atoms with Gasteiger partial charge in [-0.25, -0.2) is 0 Å². The molecule has 2 atom stereocenters. The first-order valence-corrected chi connectivity index (χ1v) is 7.46. The maximum Gasteiger partial charge on any atom is 0.174 e. The predicted molar refractivity (Wildman–Crippen MR) is 73.3 cm³/mol. The van der Waals surface area contributed by atoms with E-state index < -0.39 is 0 Å². The zero-order valence-corrected chi connectivity index (χ0v) is 11.5. The van der Waals surface area contributed by atoms with Gasteiger partial charge in [-0.15, -0.1) is 10.2 Å². The van der Waals surface area contributed by atoms with Crippen molar-refractivity contribution in [3.05, 3.63) is 35.3 Å². The van der Waals surface area contributed by atoms with Crippen molar-refractivity contribution in [2.75, 3.05) is 13.7 Å². The zero-order chi connectivity index (χ0) is 12.4. The van der Waals surface area contributed by atoms with E-state index in [9.17, 15) is 0 Å². The van der Waals surface area contributed by atoms with Crippen LogP contribution in [0.1, 0.15) is 11.6 Å². The lowest BCUT2D eigenvalue weighted by Crippen LogP contribution is -2.35. The van der Waals surface area contributed by atoms with Crippen LogP contribution in [0.25, 0.3) is 0 Å².